The molecule has 3 aromatic rings. The highest BCUT2D eigenvalue weighted by atomic mass is 16.5. The summed E-state index contributed by atoms with van der Waals surface area (Å²) in [6, 6.07) is 14.9. The van der Waals surface area contributed by atoms with E-state index in [4.69, 9.17) is 14.2 Å². The zero-order valence-electron chi connectivity index (χ0n) is 13.5. The second kappa shape index (κ2) is 5.20. The molecular weight excluding hydrogens is 288 g/mol. The van der Waals surface area contributed by atoms with E-state index >= 15 is 0 Å². The smallest absolute Gasteiger partial charge is 0.203 e. The van der Waals surface area contributed by atoms with Crippen molar-refractivity contribution in [1.82, 2.24) is 0 Å². The minimum absolute atomic E-state index is 0.648. The number of benzene rings is 3. The van der Waals surface area contributed by atoms with Gasteiger partial charge >= 0.3 is 0 Å². The fourth-order valence-electron chi connectivity index (χ4n) is 3.59. The molecule has 0 atom stereocenters. The molecule has 0 fully saturated rings. The van der Waals surface area contributed by atoms with Crippen LogP contribution >= 0.6 is 0 Å². The predicted octanol–water partition coefficient (Wildman–Crippen LogP) is 4.44. The quantitative estimate of drug-likeness (QED) is 0.560. The van der Waals surface area contributed by atoms with Crippen LogP contribution in [0.25, 0.3) is 21.9 Å². The van der Waals surface area contributed by atoms with Crippen LogP contribution < -0.4 is 14.2 Å². The largest absolute Gasteiger partial charge is 0.493 e. The average molecular weight is 306 g/mol. The van der Waals surface area contributed by atoms with E-state index in [9.17, 15) is 0 Å². The van der Waals surface area contributed by atoms with Crippen molar-refractivity contribution >= 4 is 10.8 Å². The second-order valence-corrected chi connectivity index (χ2v) is 5.67. The van der Waals surface area contributed by atoms with Gasteiger partial charge in [0.2, 0.25) is 5.75 Å². The fourth-order valence-corrected chi connectivity index (χ4v) is 3.59. The lowest BCUT2D eigenvalue weighted by molar-refractivity contribution is 0.325. The number of hydrogen-bond acceptors (Lipinski definition) is 3. The van der Waals surface area contributed by atoms with Crippen LogP contribution in [0.15, 0.2) is 42.5 Å². The Morgan fingerprint density at radius 1 is 0.826 bits per heavy atom. The first kappa shape index (κ1) is 13.9. The van der Waals surface area contributed by atoms with Gasteiger partial charge in [0, 0.05) is 5.56 Å². The highest BCUT2D eigenvalue weighted by Crippen LogP contribution is 2.52. The van der Waals surface area contributed by atoms with E-state index in [1.165, 1.54) is 27.5 Å². The van der Waals surface area contributed by atoms with Gasteiger partial charge in [-0.2, -0.15) is 0 Å². The van der Waals surface area contributed by atoms with Gasteiger partial charge in [-0.1, -0.05) is 36.4 Å². The number of fused-ring (bicyclic) bond motifs is 5. The van der Waals surface area contributed by atoms with Crippen molar-refractivity contribution in [1.29, 1.82) is 0 Å². The van der Waals surface area contributed by atoms with Crippen molar-refractivity contribution in [3.8, 4) is 28.4 Å². The molecule has 0 amide bonds. The molecule has 1 aliphatic carbocycles. The van der Waals surface area contributed by atoms with Crippen LogP contribution in [-0.2, 0) is 6.42 Å². The van der Waals surface area contributed by atoms with Crippen LogP contribution in [0.1, 0.15) is 11.1 Å². The third kappa shape index (κ3) is 1.89. The molecule has 1 aliphatic rings. The minimum atomic E-state index is 0.648. The Labute approximate surface area is 135 Å². The first-order valence-electron chi connectivity index (χ1n) is 7.61. The van der Waals surface area contributed by atoms with E-state index in [1.54, 1.807) is 21.3 Å². The summed E-state index contributed by atoms with van der Waals surface area (Å²) in [5, 5.41) is 2.55. The summed E-state index contributed by atoms with van der Waals surface area (Å²) in [6.07, 6.45) is 0.878. The zero-order valence-corrected chi connectivity index (χ0v) is 13.5. The van der Waals surface area contributed by atoms with E-state index in [-0.39, 0.29) is 0 Å². The van der Waals surface area contributed by atoms with Crippen LogP contribution in [-0.4, -0.2) is 21.3 Å². The van der Waals surface area contributed by atoms with Gasteiger partial charge in [0.15, 0.2) is 11.5 Å². The van der Waals surface area contributed by atoms with Gasteiger partial charge in [-0.15, -0.1) is 0 Å². The maximum atomic E-state index is 5.69. The van der Waals surface area contributed by atoms with Crippen LogP contribution in [0.2, 0.25) is 0 Å². The van der Waals surface area contributed by atoms with Gasteiger partial charge < -0.3 is 14.2 Å². The Bertz CT molecular complexity index is 912. The first-order valence-corrected chi connectivity index (χ1v) is 7.61. The van der Waals surface area contributed by atoms with E-state index < -0.39 is 0 Å². The first-order chi connectivity index (χ1) is 11.3. The third-order valence-electron chi connectivity index (χ3n) is 4.59. The standard InChI is InChI=1S/C20H18O3/c1-21-17-11-13-10-16-14-7-5-4-6-12(14)8-9-15(16)18(13)20(23-3)19(17)22-2/h4-9,11H,10H2,1-3H3. The number of methoxy groups -OCH3 is 3. The summed E-state index contributed by atoms with van der Waals surface area (Å²) in [5.74, 6) is 2.10. The molecule has 4 rings (SSSR count). The molecule has 0 saturated carbocycles. The van der Waals surface area contributed by atoms with Crippen LogP contribution in [0, 0.1) is 0 Å². The van der Waals surface area contributed by atoms with Crippen LogP contribution in [0.3, 0.4) is 0 Å². The Balaban J connectivity index is 2.05. The lowest BCUT2D eigenvalue weighted by atomic mass is 9.99. The molecule has 0 radical (unpaired) electrons. The van der Waals surface area contributed by atoms with Crippen molar-refractivity contribution in [3.05, 3.63) is 53.6 Å². The number of hydrogen-bond donors (Lipinski definition) is 0. The van der Waals surface area contributed by atoms with Crippen molar-refractivity contribution in [2.75, 3.05) is 21.3 Å². The molecule has 0 heterocycles. The molecule has 0 spiro atoms. The Kier molecular flexibility index (Phi) is 3.15. The number of ether oxygens (including phenoxy) is 3. The molecule has 0 N–H and O–H groups in total. The summed E-state index contributed by atoms with van der Waals surface area (Å²) >= 11 is 0. The van der Waals surface area contributed by atoms with Crippen molar-refractivity contribution < 1.29 is 14.2 Å². The molecular formula is C20H18O3. The summed E-state index contributed by atoms with van der Waals surface area (Å²) in [5.41, 5.74) is 4.89. The molecule has 0 aromatic heterocycles. The normalized spacial score (nSPS) is 12.0. The average Bonchev–Trinajstić information content (AvgIpc) is 2.98. The Morgan fingerprint density at radius 2 is 1.61 bits per heavy atom. The summed E-state index contributed by atoms with van der Waals surface area (Å²) in [4.78, 5) is 0. The van der Waals surface area contributed by atoms with Crippen molar-refractivity contribution in [2.45, 2.75) is 6.42 Å². The van der Waals surface area contributed by atoms with Gasteiger partial charge in [-0.05, 0) is 39.9 Å². The molecule has 0 unspecified atom stereocenters. The topological polar surface area (TPSA) is 27.7 Å². The van der Waals surface area contributed by atoms with Crippen molar-refractivity contribution in [2.24, 2.45) is 0 Å². The lowest BCUT2D eigenvalue weighted by Gasteiger charge is -2.16. The van der Waals surface area contributed by atoms with Crippen LogP contribution in [0.5, 0.6) is 17.2 Å². The fraction of sp³-hybridized carbons (Fsp3) is 0.200. The monoisotopic (exact) mass is 306 g/mol. The molecule has 3 nitrogen and oxygen atoms in total. The van der Waals surface area contributed by atoms with E-state index in [0.717, 1.165) is 17.7 Å². The summed E-state index contributed by atoms with van der Waals surface area (Å²) < 4.78 is 16.7. The maximum absolute atomic E-state index is 5.69. The van der Waals surface area contributed by atoms with Gasteiger partial charge in [0.05, 0.1) is 21.3 Å². The maximum Gasteiger partial charge on any atom is 0.203 e. The zero-order chi connectivity index (χ0) is 16.0. The summed E-state index contributed by atoms with van der Waals surface area (Å²) in [6.45, 7) is 0. The minimum Gasteiger partial charge on any atom is -0.493 e. The molecule has 0 bridgehead atoms. The van der Waals surface area contributed by atoms with Gasteiger partial charge in [0.1, 0.15) is 0 Å². The van der Waals surface area contributed by atoms with Crippen molar-refractivity contribution in [3.63, 3.8) is 0 Å². The third-order valence-corrected chi connectivity index (χ3v) is 4.59. The molecule has 3 aromatic carbocycles. The second-order valence-electron chi connectivity index (χ2n) is 5.67. The Morgan fingerprint density at radius 3 is 2.35 bits per heavy atom. The molecule has 0 aliphatic heterocycles. The van der Waals surface area contributed by atoms with E-state index in [2.05, 4.69) is 42.5 Å². The highest BCUT2D eigenvalue weighted by molar-refractivity contribution is 5.97. The SMILES string of the molecule is COc1cc2c(c(OC)c1OC)-c1ccc3ccccc3c1C2. The lowest BCUT2D eigenvalue weighted by Crippen LogP contribution is -1.98. The Hall–Kier alpha value is -2.68. The van der Waals surface area contributed by atoms with Crippen LogP contribution in [0.4, 0.5) is 0 Å². The number of rotatable bonds is 3. The van der Waals surface area contributed by atoms with E-state index in [0.29, 0.717) is 11.5 Å². The predicted molar refractivity (Wildman–Crippen MR) is 91.8 cm³/mol. The molecule has 116 valence electrons. The van der Waals surface area contributed by atoms with Gasteiger partial charge in [-0.25, -0.2) is 0 Å². The van der Waals surface area contributed by atoms with Gasteiger partial charge in [-0.3, -0.25) is 0 Å². The molecule has 23 heavy (non-hydrogen) atoms. The molecule has 0 saturated heterocycles. The van der Waals surface area contributed by atoms with Gasteiger partial charge in [0.25, 0.3) is 0 Å². The highest BCUT2D eigenvalue weighted by Gasteiger charge is 2.28. The summed E-state index contributed by atoms with van der Waals surface area (Å²) in [7, 11) is 4.97. The van der Waals surface area contributed by atoms with E-state index in [1.807, 2.05) is 0 Å². The molecule has 3 heteroatoms.